The van der Waals surface area contributed by atoms with Crippen molar-refractivity contribution in [2.75, 3.05) is 11.9 Å². The van der Waals surface area contributed by atoms with Crippen molar-refractivity contribution in [3.8, 4) is 5.69 Å². The molecule has 186 valence electrons. The Balaban J connectivity index is 1.87. The highest BCUT2D eigenvalue weighted by molar-refractivity contribution is 5.94. The number of hydrogen-bond acceptors (Lipinski definition) is 3. The highest BCUT2D eigenvalue weighted by Gasteiger charge is 2.25. The van der Waals surface area contributed by atoms with E-state index in [-0.39, 0.29) is 23.9 Å². The van der Waals surface area contributed by atoms with E-state index in [2.05, 4.69) is 31.4 Å². The van der Waals surface area contributed by atoms with Gasteiger partial charge in [0, 0.05) is 23.6 Å². The molecule has 0 saturated carbocycles. The lowest BCUT2D eigenvalue weighted by molar-refractivity contribution is -0.116. The molecule has 1 aromatic heterocycles. The van der Waals surface area contributed by atoms with E-state index < -0.39 is 5.54 Å². The summed E-state index contributed by atoms with van der Waals surface area (Å²) in [5, 5.41) is 10.7. The molecule has 0 unspecified atom stereocenters. The SMILES string of the molecule is Cc1cccc(-n2nc(C(C)(C)C)cc2NC(=O)CN(Cc2ccccc2)C(=O)NC(C)(C)C)c1. The second-order valence-electron chi connectivity index (χ2n) is 11.0. The highest BCUT2D eigenvalue weighted by atomic mass is 16.2. The molecular weight excluding hydrogens is 438 g/mol. The number of nitrogens with zero attached hydrogens (tertiary/aromatic N) is 3. The van der Waals surface area contributed by atoms with Crippen molar-refractivity contribution in [3.63, 3.8) is 0 Å². The van der Waals surface area contributed by atoms with Crippen molar-refractivity contribution in [1.82, 2.24) is 20.0 Å². The highest BCUT2D eigenvalue weighted by Crippen LogP contribution is 2.26. The Morgan fingerprint density at radius 3 is 2.23 bits per heavy atom. The number of carbonyl (C=O) groups excluding carboxylic acids is 2. The predicted molar refractivity (Wildman–Crippen MR) is 141 cm³/mol. The van der Waals surface area contributed by atoms with Crippen molar-refractivity contribution >= 4 is 17.8 Å². The van der Waals surface area contributed by atoms with Crippen LogP contribution in [0.15, 0.2) is 60.7 Å². The fraction of sp³-hybridized carbons (Fsp3) is 0.393. The van der Waals surface area contributed by atoms with E-state index in [0.717, 1.165) is 22.5 Å². The van der Waals surface area contributed by atoms with Crippen LogP contribution in [0, 0.1) is 6.92 Å². The van der Waals surface area contributed by atoms with Gasteiger partial charge in [-0.15, -0.1) is 0 Å². The van der Waals surface area contributed by atoms with E-state index in [4.69, 9.17) is 5.10 Å². The molecule has 0 spiro atoms. The average Bonchev–Trinajstić information content (AvgIpc) is 3.17. The molecule has 7 nitrogen and oxygen atoms in total. The summed E-state index contributed by atoms with van der Waals surface area (Å²) in [5.41, 5.74) is 3.15. The van der Waals surface area contributed by atoms with Crippen LogP contribution < -0.4 is 10.6 Å². The molecule has 0 atom stereocenters. The Bertz CT molecular complexity index is 1170. The van der Waals surface area contributed by atoms with Gasteiger partial charge in [0.1, 0.15) is 12.4 Å². The molecule has 7 heteroatoms. The van der Waals surface area contributed by atoms with Gasteiger partial charge in [-0.25, -0.2) is 9.48 Å². The summed E-state index contributed by atoms with van der Waals surface area (Å²) in [6.07, 6.45) is 0. The summed E-state index contributed by atoms with van der Waals surface area (Å²) in [7, 11) is 0. The lowest BCUT2D eigenvalue weighted by atomic mass is 9.92. The molecule has 0 aliphatic rings. The summed E-state index contributed by atoms with van der Waals surface area (Å²) in [5.74, 6) is 0.278. The van der Waals surface area contributed by atoms with E-state index in [1.165, 1.54) is 4.90 Å². The fourth-order valence-electron chi connectivity index (χ4n) is 3.55. The zero-order chi connectivity index (χ0) is 25.8. The summed E-state index contributed by atoms with van der Waals surface area (Å²) in [6, 6.07) is 19.2. The van der Waals surface area contributed by atoms with Gasteiger partial charge in [-0.1, -0.05) is 63.2 Å². The van der Waals surface area contributed by atoms with E-state index in [0.29, 0.717) is 12.4 Å². The number of anilines is 1. The zero-order valence-electron chi connectivity index (χ0n) is 21.8. The molecule has 0 aliphatic carbocycles. The van der Waals surface area contributed by atoms with Crippen molar-refractivity contribution < 1.29 is 9.59 Å². The molecule has 3 rings (SSSR count). The Morgan fingerprint density at radius 2 is 1.63 bits per heavy atom. The van der Waals surface area contributed by atoms with Crippen LogP contribution in [0.25, 0.3) is 5.69 Å². The zero-order valence-corrected chi connectivity index (χ0v) is 21.8. The number of aromatic nitrogens is 2. The Hall–Kier alpha value is -3.61. The minimum absolute atomic E-state index is 0.0966. The molecule has 0 saturated heterocycles. The first-order valence-corrected chi connectivity index (χ1v) is 11.9. The van der Waals surface area contributed by atoms with Gasteiger partial charge in [-0.2, -0.15) is 5.10 Å². The first-order chi connectivity index (χ1) is 16.3. The molecule has 1 heterocycles. The van der Waals surface area contributed by atoms with Crippen molar-refractivity contribution in [1.29, 1.82) is 0 Å². The number of amides is 3. The maximum atomic E-state index is 13.2. The van der Waals surface area contributed by atoms with Crippen LogP contribution in [0.3, 0.4) is 0 Å². The van der Waals surface area contributed by atoms with Gasteiger partial charge in [0.05, 0.1) is 11.4 Å². The third kappa shape index (κ3) is 7.44. The molecule has 2 aromatic carbocycles. The van der Waals surface area contributed by atoms with Crippen LogP contribution in [-0.4, -0.2) is 38.7 Å². The molecule has 0 aliphatic heterocycles. The van der Waals surface area contributed by atoms with Gasteiger partial charge in [-0.05, 0) is 51.0 Å². The number of benzene rings is 2. The normalized spacial score (nSPS) is 11.7. The summed E-state index contributed by atoms with van der Waals surface area (Å²) < 4.78 is 1.75. The average molecular weight is 476 g/mol. The second-order valence-corrected chi connectivity index (χ2v) is 11.0. The number of hydrogen-bond donors (Lipinski definition) is 2. The van der Waals surface area contributed by atoms with E-state index in [9.17, 15) is 9.59 Å². The predicted octanol–water partition coefficient (Wildman–Crippen LogP) is 5.43. The summed E-state index contributed by atoms with van der Waals surface area (Å²) in [6.45, 7) is 14.2. The largest absolute Gasteiger partial charge is 0.333 e. The smallest absolute Gasteiger partial charge is 0.318 e. The summed E-state index contributed by atoms with van der Waals surface area (Å²) >= 11 is 0. The lowest BCUT2D eigenvalue weighted by Crippen LogP contribution is -2.50. The van der Waals surface area contributed by atoms with E-state index in [1.54, 1.807) is 4.68 Å². The lowest BCUT2D eigenvalue weighted by Gasteiger charge is -2.28. The maximum absolute atomic E-state index is 13.2. The third-order valence-electron chi connectivity index (χ3n) is 5.31. The molecule has 35 heavy (non-hydrogen) atoms. The molecular formula is C28H37N5O2. The fourth-order valence-corrected chi connectivity index (χ4v) is 3.55. The van der Waals surface area contributed by atoms with Crippen LogP contribution in [0.4, 0.5) is 10.6 Å². The number of rotatable bonds is 6. The molecule has 3 aromatic rings. The Labute approximate surface area is 208 Å². The van der Waals surface area contributed by atoms with Gasteiger partial charge >= 0.3 is 6.03 Å². The van der Waals surface area contributed by atoms with Crippen LogP contribution in [0.5, 0.6) is 0 Å². The topological polar surface area (TPSA) is 79.3 Å². The van der Waals surface area contributed by atoms with Crippen molar-refractivity contribution in [2.24, 2.45) is 0 Å². The quantitative estimate of drug-likeness (QED) is 0.499. The van der Waals surface area contributed by atoms with Gasteiger partial charge < -0.3 is 15.5 Å². The second kappa shape index (κ2) is 10.3. The first kappa shape index (κ1) is 26.0. The Kier molecular flexibility index (Phi) is 7.68. The monoisotopic (exact) mass is 475 g/mol. The molecule has 3 amide bonds. The standard InChI is InChI=1S/C28H37N5O2/c1-20-12-11-15-22(16-20)33-24(17-23(31-33)27(2,3)4)29-25(34)19-32(26(35)30-28(5,6)7)18-21-13-9-8-10-14-21/h8-17H,18-19H2,1-7H3,(H,29,34)(H,30,35). The van der Waals surface area contributed by atoms with Gasteiger partial charge in [-0.3, -0.25) is 4.79 Å². The third-order valence-corrected chi connectivity index (χ3v) is 5.31. The molecule has 0 bridgehead atoms. The van der Waals surface area contributed by atoms with Crippen molar-refractivity contribution in [2.45, 2.75) is 66.0 Å². The molecule has 0 radical (unpaired) electrons. The van der Waals surface area contributed by atoms with Crippen LogP contribution in [0.2, 0.25) is 0 Å². The van der Waals surface area contributed by atoms with Crippen LogP contribution in [0.1, 0.15) is 58.4 Å². The van der Waals surface area contributed by atoms with Crippen molar-refractivity contribution in [3.05, 3.63) is 77.5 Å². The summed E-state index contributed by atoms with van der Waals surface area (Å²) in [4.78, 5) is 27.8. The van der Waals surface area contributed by atoms with Gasteiger partial charge in [0.2, 0.25) is 5.91 Å². The maximum Gasteiger partial charge on any atom is 0.318 e. The van der Waals surface area contributed by atoms with Gasteiger partial charge in [0.25, 0.3) is 0 Å². The van der Waals surface area contributed by atoms with E-state index >= 15 is 0 Å². The van der Waals surface area contributed by atoms with Gasteiger partial charge in [0.15, 0.2) is 0 Å². The molecule has 0 fully saturated rings. The number of aryl methyl sites for hydroxylation is 1. The number of urea groups is 1. The van der Waals surface area contributed by atoms with Crippen LogP contribution >= 0.6 is 0 Å². The van der Waals surface area contributed by atoms with E-state index in [1.807, 2.05) is 88.4 Å². The minimum atomic E-state index is -0.423. The molecule has 2 N–H and O–H groups in total. The number of carbonyl (C=O) groups is 2. The minimum Gasteiger partial charge on any atom is -0.333 e. The van der Waals surface area contributed by atoms with Crippen LogP contribution in [-0.2, 0) is 16.8 Å². The first-order valence-electron chi connectivity index (χ1n) is 11.9. The number of nitrogens with one attached hydrogen (secondary N) is 2. The Morgan fingerprint density at radius 1 is 0.943 bits per heavy atom.